The Morgan fingerprint density at radius 1 is 0.304 bits per heavy atom. The van der Waals surface area contributed by atoms with E-state index in [1.165, 1.54) is 43.9 Å². The fraction of sp³-hybridized carbons (Fsp3) is 0. The van der Waals surface area contributed by atoms with E-state index in [0.717, 1.165) is 56.1 Å². The molecule has 5 nitrogen and oxygen atoms in total. The van der Waals surface area contributed by atoms with Crippen molar-refractivity contribution in [3.63, 3.8) is 0 Å². The molecule has 56 heavy (non-hydrogen) atoms. The van der Waals surface area contributed by atoms with Crippen LogP contribution in [-0.2, 0) is 0 Å². The van der Waals surface area contributed by atoms with Gasteiger partial charge in [0.05, 0.1) is 27.6 Å². The smallest absolute Gasteiger partial charge is 0.222 e. The van der Waals surface area contributed by atoms with Crippen molar-refractivity contribution in [1.82, 2.24) is 23.1 Å². The normalized spacial score (nSPS) is 11.9. The summed E-state index contributed by atoms with van der Waals surface area (Å²) in [6.45, 7) is 0. The molecule has 262 valence electrons. The van der Waals surface area contributed by atoms with Crippen LogP contribution in [0.2, 0.25) is 0 Å². The molecule has 8 aromatic carbocycles. The van der Waals surface area contributed by atoms with Crippen LogP contribution in [0.5, 0.6) is 0 Å². The van der Waals surface area contributed by atoms with Gasteiger partial charge < -0.3 is 4.57 Å². The topological polar surface area (TPSA) is 32.1 Å². The van der Waals surface area contributed by atoms with Crippen LogP contribution in [0.4, 0.5) is 0 Å². The minimum atomic E-state index is 0.889. The highest BCUT2D eigenvalue weighted by Crippen LogP contribution is 2.39. The van der Waals surface area contributed by atoms with Crippen LogP contribution in [0.15, 0.2) is 200 Å². The number of para-hydroxylation sites is 4. The highest BCUT2D eigenvalue weighted by atomic mass is 15.2. The summed E-state index contributed by atoms with van der Waals surface area (Å²) in [5.41, 5.74) is 15.9. The lowest BCUT2D eigenvalue weighted by Gasteiger charge is -2.10. The molecule has 0 aliphatic rings. The number of hydrogen-bond donors (Lipinski definition) is 0. The Hall–Kier alpha value is -7.63. The molecule has 0 radical (unpaired) electrons. The van der Waals surface area contributed by atoms with Crippen LogP contribution < -0.4 is 0 Å². The lowest BCUT2D eigenvalue weighted by Crippen LogP contribution is -1.97. The molecule has 0 saturated carbocycles. The number of benzene rings is 8. The monoisotopic (exact) mass is 715 g/mol. The van der Waals surface area contributed by atoms with Crippen molar-refractivity contribution in [2.45, 2.75) is 0 Å². The zero-order chi connectivity index (χ0) is 36.7. The van der Waals surface area contributed by atoms with Crippen LogP contribution >= 0.6 is 0 Å². The van der Waals surface area contributed by atoms with Gasteiger partial charge in [-0.05, 0) is 95.1 Å². The van der Waals surface area contributed by atoms with Crippen LogP contribution in [0.3, 0.4) is 0 Å². The summed E-state index contributed by atoms with van der Waals surface area (Å²) < 4.78 is 9.34. The summed E-state index contributed by atoms with van der Waals surface area (Å²) in [5, 5.41) is 3.64. The van der Waals surface area contributed by atoms with Crippen molar-refractivity contribution in [3.8, 4) is 39.3 Å². The Kier molecular flexibility index (Phi) is 6.56. The van der Waals surface area contributed by atoms with Gasteiger partial charge in [0, 0.05) is 33.2 Å². The van der Waals surface area contributed by atoms with Crippen LogP contribution in [-0.4, -0.2) is 23.1 Å². The number of fused-ring (bicyclic) bond motifs is 10. The zero-order valence-corrected chi connectivity index (χ0v) is 30.3. The fourth-order valence-corrected chi connectivity index (χ4v) is 8.87. The highest BCUT2D eigenvalue weighted by Gasteiger charge is 2.24. The fourth-order valence-electron chi connectivity index (χ4n) is 8.87. The third kappa shape index (κ3) is 4.46. The summed E-state index contributed by atoms with van der Waals surface area (Å²) in [7, 11) is 0. The maximum Gasteiger partial charge on any atom is 0.222 e. The summed E-state index contributed by atoms with van der Waals surface area (Å²) in [5.74, 6) is 0.889. The Bertz CT molecular complexity index is 3440. The second-order valence-corrected chi connectivity index (χ2v) is 14.5. The molecule has 5 heteroatoms. The van der Waals surface area contributed by atoms with Crippen molar-refractivity contribution >= 4 is 60.7 Å². The first-order chi connectivity index (χ1) is 27.8. The van der Waals surface area contributed by atoms with Gasteiger partial charge in [-0.1, -0.05) is 127 Å². The second-order valence-electron chi connectivity index (χ2n) is 14.5. The van der Waals surface area contributed by atoms with E-state index in [-0.39, 0.29) is 0 Å². The Morgan fingerprint density at radius 3 is 1.52 bits per heavy atom. The van der Waals surface area contributed by atoms with E-state index in [1.54, 1.807) is 0 Å². The molecule has 0 spiro atoms. The van der Waals surface area contributed by atoms with Crippen molar-refractivity contribution in [2.75, 3.05) is 0 Å². The number of rotatable bonds is 5. The molecule has 4 aromatic heterocycles. The molecule has 0 saturated heterocycles. The van der Waals surface area contributed by atoms with Gasteiger partial charge in [-0.2, -0.15) is 4.98 Å². The molecule has 0 fully saturated rings. The molecule has 0 bridgehead atoms. The standard InChI is InChI=1S/C51H33N5/c1-4-14-34(15-5-1)35-24-28-40(29-25-35)53-44-22-12-10-20-41(44)43-32-36(26-30-46(43)53)37-27-31-47-48(33-37)55(39-18-8-3-9-19-39)51-52-50-49(56(47)51)42-21-11-13-23-45(42)54(50)38-16-6-2-7-17-38/h1-33H. The van der Waals surface area contributed by atoms with Crippen molar-refractivity contribution in [1.29, 1.82) is 0 Å². The SMILES string of the molecule is c1ccc(-c2ccc(-n3c4ccccc4c4cc(-c5ccc6c(c5)n(-c5ccccc5)c5nc7c(c8ccccc8n7-c7ccccc7)n65)ccc43)cc2)cc1. The van der Waals surface area contributed by atoms with Crippen molar-refractivity contribution in [2.24, 2.45) is 0 Å². The summed E-state index contributed by atoms with van der Waals surface area (Å²) >= 11 is 0. The first-order valence-corrected chi connectivity index (χ1v) is 19.1. The van der Waals surface area contributed by atoms with Gasteiger partial charge in [-0.15, -0.1) is 0 Å². The quantitative estimate of drug-likeness (QED) is 0.175. The minimum Gasteiger partial charge on any atom is -0.309 e. The largest absolute Gasteiger partial charge is 0.309 e. The molecule has 0 aliphatic carbocycles. The number of nitrogens with zero attached hydrogens (tertiary/aromatic N) is 5. The van der Waals surface area contributed by atoms with Gasteiger partial charge in [0.1, 0.15) is 5.52 Å². The zero-order valence-electron chi connectivity index (χ0n) is 30.3. The molecular formula is C51H33N5. The van der Waals surface area contributed by atoms with Crippen molar-refractivity contribution < 1.29 is 0 Å². The van der Waals surface area contributed by atoms with Gasteiger partial charge in [0.15, 0.2) is 5.65 Å². The molecule has 0 N–H and O–H groups in total. The highest BCUT2D eigenvalue weighted by molar-refractivity contribution is 6.12. The first-order valence-electron chi connectivity index (χ1n) is 19.1. The van der Waals surface area contributed by atoms with Crippen LogP contribution in [0.1, 0.15) is 0 Å². The van der Waals surface area contributed by atoms with E-state index < -0.39 is 0 Å². The minimum absolute atomic E-state index is 0.889. The Balaban J connectivity index is 1.06. The summed E-state index contributed by atoms with van der Waals surface area (Å²) in [4.78, 5) is 5.46. The number of hydrogen-bond acceptors (Lipinski definition) is 1. The Labute approximate surface area is 322 Å². The molecule has 4 heterocycles. The molecule has 0 unspecified atom stereocenters. The molecule has 0 amide bonds. The van der Waals surface area contributed by atoms with Gasteiger partial charge in [0.2, 0.25) is 5.78 Å². The van der Waals surface area contributed by atoms with Crippen LogP contribution in [0.25, 0.3) is 100.0 Å². The summed E-state index contributed by atoms with van der Waals surface area (Å²) in [6, 6.07) is 71.8. The third-order valence-electron chi connectivity index (χ3n) is 11.4. The van der Waals surface area contributed by atoms with Gasteiger partial charge in [-0.3, -0.25) is 13.5 Å². The number of imidazole rings is 2. The van der Waals surface area contributed by atoms with E-state index in [9.17, 15) is 0 Å². The lowest BCUT2D eigenvalue weighted by atomic mass is 10.0. The molecular weight excluding hydrogens is 683 g/mol. The summed E-state index contributed by atoms with van der Waals surface area (Å²) in [6.07, 6.45) is 0. The van der Waals surface area contributed by atoms with Crippen molar-refractivity contribution in [3.05, 3.63) is 200 Å². The molecule has 12 aromatic rings. The van der Waals surface area contributed by atoms with Gasteiger partial charge in [-0.25, -0.2) is 0 Å². The predicted octanol–water partition coefficient (Wildman–Crippen LogP) is 12.8. The van der Waals surface area contributed by atoms with E-state index in [0.29, 0.717) is 0 Å². The van der Waals surface area contributed by atoms with Crippen LogP contribution in [0, 0.1) is 0 Å². The van der Waals surface area contributed by atoms with E-state index in [1.807, 2.05) is 0 Å². The molecule has 12 rings (SSSR count). The maximum absolute atomic E-state index is 5.46. The average Bonchev–Trinajstić information content (AvgIpc) is 3.99. The first kappa shape index (κ1) is 30.8. The van der Waals surface area contributed by atoms with E-state index in [4.69, 9.17) is 4.98 Å². The van der Waals surface area contributed by atoms with Gasteiger partial charge in [0.25, 0.3) is 0 Å². The predicted molar refractivity (Wildman–Crippen MR) is 232 cm³/mol. The number of aromatic nitrogens is 5. The Morgan fingerprint density at radius 2 is 0.804 bits per heavy atom. The second kappa shape index (κ2) is 11.9. The molecule has 0 aliphatic heterocycles. The van der Waals surface area contributed by atoms with Gasteiger partial charge >= 0.3 is 0 Å². The lowest BCUT2D eigenvalue weighted by molar-refractivity contribution is 1.09. The average molecular weight is 716 g/mol. The maximum atomic E-state index is 5.46. The molecule has 0 atom stereocenters. The van der Waals surface area contributed by atoms with E-state index in [2.05, 4.69) is 218 Å². The van der Waals surface area contributed by atoms with E-state index >= 15 is 0 Å². The third-order valence-corrected chi connectivity index (χ3v) is 11.4.